The molecule has 162 valence electrons. The average Bonchev–Trinajstić information content (AvgIpc) is 3.36. The van der Waals surface area contributed by atoms with Crippen LogP contribution in [0, 0.1) is 11.8 Å². The van der Waals surface area contributed by atoms with E-state index in [9.17, 15) is 4.79 Å². The summed E-state index contributed by atoms with van der Waals surface area (Å²) >= 11 is 0. The van der Waals surface area contributed by atoms with E-state index in [0.717, 1.165) is 17.7 Å². The van der Waals surface area contributed by atoms with Crippen LogP contribution in [0.4, 0.5) is 5.69 Å². The average molecular weight is 431 g/mol. The van der Waals surface area contributed by atoms with E-state index in [1.54, 1.807) is 24.3 Å². The first-order valence-corrected chi connectivity index (χ1v) is 10.1. The number of rotatable bonds is 6. The molecule has 1 amide bonds. The first kappa shape index (κ1) is 20.9. The van der Waals surface area contributed by atoms with Crippen molar-refractivity contribution in [3.8, 4) is 29.1 Å². The molecule has 0 radical (unpaired) electrons. The van der Waals surface area contributed by atoms with E-state index in [2.05, 4.69) is 37.8 Å². The number of nitrogens with one attached hydrogen (secondary N) is 2. The molecule has 3 aromatic rings. The summed E-state index contributed by atoms with van der Waals surface area (Å²) in [5.74, 6) is 7.70. The van der Waals surface area contributed by atoms with Crippen LogP contribution >= 0.6 is 0 Å². The van der Waals surface area contributed by atoms with Crippen LogP contribution in [-0.4, -0.2) is 39.7 Å². The Hall–Kier alpha value is -4.32. The monoisotopic (exact) mass is 431 g/mol. The Balaban J connectivity index is 1.38. The maximum Gasteiger partial charge on any atom is 0.248 e. The molecule has 1 aliphatic heterocycles. The van der Waals surface area contributed by atoms with Crippen LogP contribution in [0.25, 0.3) is 6.08 Å². The summed E-state index contributed by atoms with van der Waals surface area (Å²) in [6.45, 7) is 2.60. The molecule has 2 aromatic carbocycles. The van der Waals surface area contributed by atoms with Gasteiger partial charge in [-0.1, -0.05) is 31.0 Å². The Morgan fingerprint density at radius 1 is 1.28 bits per heavy atom. The number of para-hydroxylation sites is 1. The van der Waals surface area contributed by atoms with Gasteiger partial charge in [0, 0.05) is 12.5 Å². The van der Waals surface area contributed by atoms with E-state index >= 15 is 0 Å². The third kappa shape index (κ3) is 5.23. The molecule has 0 saturated carbocycles. The Morgan fingerprint density at radius 3 is 2.94 bits per heavy atom. The van der Waals surface area contributed by atoms with E-state index in [-0.39, 0.29) is 12.5 Å². The second-order valence-electron chi connectivity index (χ2n) is 6.72. The van der Waals surface area contributed by atoms with Gasteiger partial charge in [0.2, 0.25) is 5.91 Å². The number of carbonyl (C=O) groups is 1. The smallest absolute Gasteiger partial charge is 0.248 e. The highest BCUT2D eigenvalue weighted by Gasteiger charge is 2.27. The first-order chi connectivity index (χ1) is 15.7. The topological polar surface area (TPSA) is 111 Å². The zero-order chi connectivity index (χ0) is 22.2. The Labute approximate surface area is 184 Å². The predicted molar refractivity (Wildman–Crippen MR) is 117 cm³/mol. The quantitative estimate of drug-likeness (QED) is 0.455. The molecule has 4 rings (SSSR count). The van der Waals surface area contributed by atoms with Gasteiger partial charge in [0.05, 0.1) is 5.69 Å². The van der Waals surface area contributed by atoms with Gasteiger partial charge < -0.3 is 19.5 Å². The molecule has 1 aliphatic rings. The number of tetrazole rings is 1. The van der Waals surface area contributed by atoms with Crippen LogP contribution < -0.4 is 19.5 Å². The molecular weight excluding hydrogens is 410 g/mol. The van der Waals surface area contributed by atoms with Crippen LogP contribution in [0.15, 0.2) is 48.5 Å². The van der Waals surface area contributed by atoms with Crippen LogP contribution in [0.5, 0.6) is 17.2 Å². The zero-order valence-corrected chi connectivity index (χ0v) is 17.4. The van der Waals surface area contributed by atoms with Gasteiger partial charge in [-0.15, -0.1) is 11.0 Å². The molecule has 32 heavy (non-hydrogen) atoms. The van der Waals surface area contributed by atoms with Gasteiger partial charge in [-0.2, -0.15) is 0 Å². The van der Waals surface area contributed by atoms with E-state index in [1.807, 2.05) is 31.2 Å². The Bertz CT molecular complexity index is 1150. The summed E-state index contributed by atoms with van der Waals surface area (Å²) < 4.78 is 17.2. The second-order valence-corrected chi connectivity index (χ2v) is 6.72. The number of ether oxygens (including phenoxy) is 3. The number of fused-ring (bicyclic) bond motifs is 1. The van der Waals surface area contributed by atoms with Crippen molar-refractivity contribution in [3.63, 3.8) is 0 Å². The highest BCUT2D eigenvalue weighted by molar-refractivity contribution is 6.03. The largest absolute Gasteiger partial charge is 0.485 e. The number of nitrogens with zero attached hydrogens (tertiary/aromatic N) is 3. The minimum atomic E-state index is -0.500. The maximum absolute atomic E-state index is 12.5. The number of aromatic amines is 1. The van der Waals surface area contributed by atoms with Crippen molar-refractivity contribution in [1.29, 1.82) is 0 Å². The predicted octanol–water partition coefficient (Wildman–Crippen LogP) is 3.16. The van der Waals surface area contributed by atoms with Crippen molar-refractivity contribution >= 4 is 17.7 Å². The number of benzene rings is 2. The molecule has 2 heterocycles. The molecule has 1 unspecified atom stereocenters. The molecular formula is C23H21N5O4. The van der Waals surface area contributed by atoms with Gasteiger partial charge in [0.1, 0.15) is 19.0 Å². The molecule has 0 fully saturated rings. The van der Waals surface area contributed by atoms with Crippen molar-refractivity contribution in [3.05, 3.63) is 59.9 Å². The normalized spacial score (nSPS) is 14.5. The fourth-order valence-corrected chi connectivity index (χ4v) is 2.95. The van der Waals surface area contributed by atoms with E-state index in [4.69, 9.17) is 14.2 Å². The Kier molecular flexibility index (Phi) is 6.63. The minimum absolute atomic E-state index is 0.256. The number of hydrogen-bond acceptors (Lipinski definition) is 7. The number of amides is 1. The molecule has 1 aromatic heterocycles. The summed E-state index contributed by atoms with van der Waals surface area (Å²) in [5, 5.41) is 16.5. The highest BCUT2D eigenvalue weighted by atomic mass is 16.6. The zero-order valence-electron chi connectivity index (χ0n) is 17.4. The van der Waals surface area contributed by atoms with E-state index < -0.39 is 6.10 Å². The molecule has 0 aliphatic carbocycles. The third-order valence-electron chi connectivity index (χ3n) is 4.47. The van der Waals surface area contributed by atoms with Gasteiger partial charge in [-0.3, -0.25) is 4.79 Å². The van der Waals surface area contributed by atoms with Crippen molar-refractivity contribution < 1.29 is 19.0 Å². The molecule has 0 bridgehead atoms. The number of H-pyrrole nitrogens is 1. The fraction of sp³-hybridized carbons (Fsp3) is 0.217. The maximum atomic E-state index is 12.5. The lowest BCUT2D eigenvalue weighted by molar-refractivity contribution is -0.111. The Morgan fingerprint density at radius 2 is 2.16 bits per heavy atom. The minimum Gasteiger partial charge on any atom is -0.485 e. The van der Waals surface area contributed by atoms with E-state index in [0.29, 0.717) is 29.6 Å². The molecule has 0 saturated heterocycles. The number of aromatic nitrogens is 4. The lowest BCUT2D eigenvalue weighted by Crippen LogP contribution is -2.24. The van der Waals surface area contributed by atoms with Gasteiger partial charge in [0.15, 0.2) is 23.4 Å². The highest BCUT2D eigenvalue weighted by Crippen LogP contribution is 2.41. The lowest BCUT2D eigenvalue weighted by Gasteiger charge is -2.26. The standard InChI is InChI=1S/C23H21N5O4/c1-2-3-4-14-30-17-11-8-16(9-12-17)10-13-21(29)24-18-6-5-7-19-22(18)32-20(15-31-19)23-25-27-28-26-23/h5-13,20H,2,14-15H2,1H3,(H,24,29)(H,25,26,27,28)/b13-10+. The summed E-state index contributed by atoms with van der Waals surface area (Å²) in [4.78, 5) is 12.5. The molecule has 9 nitrogen and oxygen atoms in total. The number of hydrogen-bond donors (Lipinski definition) is 2. The summed E-state index contributed by atoms with van der Waals surface area (Å²) in [6.07, 6.45) is 3.47. The second kappa shape index (κ2) is 10.1. The van der Waals surface area contributed by atoms with Crippen molar-refractivity contribution in [2.75, 3.05) is 18.5 Å². The fourth-order valence-electron chi connectivity index (χ4n) is 2.95. The summed E-state index contributed by atoms with van der Waals surface area (Å²) in [5.41, 5.74) is 1.35. The summed E-state index contributed by atoms with van der Waals surface area (Å²) in [6, 6.07) is 12.7. The van der Waals surface area contributed by atoms with Crippen molar-refractivity contribution in [2.24, 2.45) is 0 Å². The van der Waals surface area contributed by atoms with Crippen molar-refractivity contribution in [2.45, 2.75) is 19.4 Å². The molecule has 9 heteroatoms. The molecule has 1 atom stereocenters. The van der Waals surface area contributed by atoms with Crippen molar-refractivity contribution in [1.82, 2.24) is 20.6 Å². The van der Waals surface area contributed by atoms with Crippen LogP contribution in [0.2, 0.25) is 0 Å². The molecule has 0 spiro atoms. The van der Waals surface area contributed by atoms with Gasteiger partial charge in [-0.05, 0) is 46.3 Å². The summed E-state index contributed by atoms with van der Waals surface area (Å²) in [7, 11) is 0. The van der Waals surface area contributed by atoms with Gasteiger partial charge in [-0.25, -0.2) is 5.10 Å². The van der Waals surface area contributed by atoms with Crippen LogP contribution in [0.1, 0.15) is 30.8 Å². The van der Waals surface area contributed by atoms with E-state index in [1.165, 1.54) is 6.08 Å². The lowest BCUT2D eigenvalue weighted by atomic mass is 10.2. The van der Waals surface area contributed by atoms with Gasteiger partial charge >= 0.3 is 0 Å². The SMILES string of the molecule is CCC#CCOc1ccc(/C=C/C(=O)Nc2cccc3c2OC(c2nnn[nH]2)CO3)cc1. The third-order valence-corrected chi connectivity index (χ3v) is 4.47. The number of anilines is 1. The van der Waals surface area contributed by atoms with Crippen LogP contribution in [-0.2, 0) is 4.79 Å². The molecule has 2 N–H and O–H groups in total. The van der Waals surface area contributed by atoms with Crippen LogP contribution in [0.3, 0.4) is 0 Å². The first-order valence-electron chi connectivity index (χ1n) is 10.1. The number of carbonyl (C=O) groups excluding carboxylic acids is 1. The van der Waals surface area contributed by atoms with Gasteiger partial charge in [0.25, 0.3) is 0 Å².